The molecule has 112 valence electrons. The third-order valence-corrected chi connectivity index (χ3v) is 4.88. The van der Waals surface area contributed by atoms with Crippen LogP contribution in [0.3, 0.4) is 0 Å². The van der Waals surface area contributed by atoms with E-state index in [9.17, 15) is 0 Å². The highest BCUT2D eigenvalue weighted by atomic mass is 32.2. The van der Waals surface area contributed by atoms with Gasteiger partial charge in [0.15, 0.2) is 0 Å². The molecule has 1 aromatic carbocycles. The lowest BCUT2D eigenvalue weighted by atomic mass is 10.2. The second kappa shape index (κ2) is 8.42. The zero-order valence-corrected chi connectivity index (χ0v) is 13.2. The highest BCUT2D eigenvalue weighted by Crippen LogP contribution is 2.29. The highest BCUT2D eigenvalue weighted by molar-refractivity contribution is 7.99. The molecule has 1 fully saturated rings. The summed E-state index contributed by atoms with van der Waals surface area (Å²) in [5.74, 6) is 3.00. The Morgan fingerprint density at radius 2 is 1.95 bits per heavy atom. The standard InChI is InChI=1S/C16H25NO2S/c1-3-20-16-9-4-13(12-16)17-10-11-19-15-7-5-14(18-2)6-8-15/h5-8,13,16-17H,3-4,9-12H2,1-2H3. The Kier molecular flexibility index (Phi) is 6.54. The molecule has 20 heavy (non-hydrogen) atoms. The maximum Gasteiger partial charge on any atom is 0.119 e. The van der Waals surface area contributed by atoms with Crippen LogP contribution in [0.1, 0.15) is 26.2 Å². The van der Waals surface area contributed by atoms with Gasteiger partial charge in [-0.1, -0.05) is 6.92 Å². The predicted octanol–water partition coefficient (Wildman–Crippen LogP) is 3.34. The van der Waals surface area contributed by atoms with Gasteiger partial charge in [-0.3, -0.25) is 0 Å². The van der Waals surface area contributed by atoms with Gasteiger partial charge < -0.3 is 14.8 Å². The molecule has 0 radical (unpaired) electrons. The third-order valence-electron chi connectivity index (χ3n) is 3.65. The number of thioether (sulfide) groups is 1. The molecule has 1 N–H and O–H groups in total. The van der Waals surface area contributed by atoms with Gasteiger partial charge in [-0.2, -0.15) is 11.8 Å². The fourth-order valence-electron chi connectivity index (χ4n) is 2.62. The van der Waals surface area contributed by atoms with Gasteiger partial charge in [0.25, 0.3) is 0 Å². The molecule has 0 aromatic heterocycles. The molecule has 0 saturated heterocycles. The lowest BCUT2D eigenvalue weighted by Gasteiger charge is -2.13. The van der Waals surface area contributed by atoms with Crippen LogP contribution in [0.5, 0.6) is 11.5 Å². The molecule has 0 heterocycles. The average Bonchev–Trinajstić information content (AvgIpc) is 2.92. The minimum Gasteiger partial charge on any atom is -0.497 e. The molecular weight excluding hydrogens is 270 g/mol. The Bertz CT molecular complexity index is 383. The van der Waals surface area contributed by atoms with Crippen molar-refractivity contribution in [3.05, 3.63) is 24.3 Å². The summed E-state index contributed by atoms with van der Waals surface area (Å²) in [6.45, 7) is 3.88. The summed E-state index contributed by atoms with van der Waals surface area (Å²) < 4.78 is 10.8. The van der Waals surface area contributed by atoms with Gasteiger partial charge in [0.05, 0.1) is 7.11 Å². The Balaban J connectivity index is 1.59. The summed E-state index contributed by atoms with van der Waals surface area (Å²) in [6, 6.07) is 8.42. The van der Waals surface area contributed by atoms with Crippen molar-refractivity contribution >= 4 is 11.8 Å². The first kappa shape index (κ1) is 15.5. The van der Waals surface area contributed by atoms with Crippen LogP contribution in [0.15, 0.2) is 24.3 Å². The fourth-order valence-corrected chi connectivity index (χ4v) is 3.76. The van der Waals surface area contributed by atoms with Crippen LogP contribution in [0.2, 0.25) is 0 Å². The lowest BCUT2D eigenvalue weighted by Crippen LogP contribution is -2.30. The molecule has 0 spiro atoms. The van der Waals surface area contributed by atoms with E-state index >= 15 is 0 Å². The maximum absolute atomic E-state index is 5.72. The van der Waals surface area contributed by atoms with Gasteiger partial charge in [0.2, 0.25) is 0 Å². The van der Waals surface area contributed by atoms with Gasteiger partial charge in [0.1, 0.15) is 18.1 Å². The number of hydrogen-bond acceptors (Lipinski definition) is 4. The van der Waals surface area contributed by atoms with Crippen molar-refractivity contribution in [2.45, 2.75) is 37.5 Å². The first-order valence-corrected chi connectivity index (χ1v) is 8.48. The van der Waals surface area contributed by atoms with Gasteiger partial charge in [-0.25, -0.2) is 0 Å². The van der Waals surface area contributed by atoms with E-state index in [4.69, 9.17) is 9.47 Å². The fraction of sp³-hybridized carbons (Fsp3) is 0.625. The maximum atomic E-state index is 5.72. The minimum atomic E-state index is 0.679. The summed E-state index contributed by atoms with van der Waals surface area (Å²) in [6.07, 6.45) is 3.97. The first-order chi connectivity index (χ1) is 9.81. The molecule has 1 saturated carbocycles. The number of hydrogen-bond donors (Lipinski definition) is 1. The van der Waals surface area contributed by atoms with Crippen molar-refractivity contribution in [3.63, 3.8) is 0 Å². The van der Waals surface area contributed by atoms with Crippen LogP contribution in [0.4, 0.5) is 0 Å². The molecule has 1 aliphatic carbocycles. The molecule has 0 amide bonds. The van der Waals surface area contributed by atoms with Gasteiger partial charge >= 0.3 is 0 Å². The van der Waals surface area contributed by atoms with E-state index in [0.29, 0.717) is 12.6 Å². The summed E-state index contributed by atoms with van der Waals surface area (Å²) in [5, 5.41) is 4.46. The molecule has 0 bridgehead atoms. The smallest absolute Gasteiger partial charge is 0.119 e. The number of nitrogens with one attached hydrogen (secondary N) is 1. The van der Waals surface area contributed by atoms with Crippen molar-refractivity contribution in [1.82, 2.24) is 5.32 Å². The van der Waals surface area contributed by atoms with E-state index in [1.165, 1.54) is 25.0 Å². The molecule has 1 aromatic rings. The number of ether oxygens (including phenoxy) is 2. The number of methoxy groups -OCH3 is 1. The average molecular weight is 295 g/mol. The van der Waals surface area contributed by atoms with Crippen LogP contribution in [0.25, 0.3) is 0 Å². The van der Waals surface area contributed by atoms with Crippen LogP contribution in [0, 0.1) is 0 Å². The lowest BCUT2D eigenvalue weighted by molar-refractivity contribution is 0.304. The molecule has 0 aliphatic heterocycles. The summed E-state index contributed by atoms with van der Waals surface area (Å²) in [4.78, 5) is 0. The summed E-state index contributed by atoms with van der Waals surface area (Å²) in [7, 11) is 1.67. The van der Waals surface area contributed by atoms with Gasteiger partial charge in [0, 0.05) is 17.8 Å². The molecule has 4 heteroatoms. The predicted molar refractivity (Wildman–Crippen MR) is 86.1 cm³/mol. The molecular formula is C16H25NO2S. The van der Waals surface area contributed by atoms with Crippen molar-refractivity contribution in [1.29, 1.82) is 0 Å². The van der Waals surface area contributed by atoms with E-state index in [-0.39, 0.29) is 0 Å². The van der Waals surface area contributed by atoms with Crippen molar-refractivity contribution in [2.24, 2.45) is 0 Å². The van der Waals surface area contributed by atoms with E-state index in [0.717, 1.165) is 23.3 Å². The van der Waals surface area contributed by atoms with Crippen molar-refractivity contribution in [2.75, 3.05) is 26.0 Å². The zero-order chi connectivity index (χ0) is 14.2. The zero-order valence-electron chi connectivity index (χ0n) is 12.4. The van der Waals surface area contributed by atoms with Crippen molar-refractivity contribution in [3.8, 4) is 11.5 Å². The molecule has 2 rings (SSSR count). The highest BCUT2D eigenvalue weighted by Gasteiger charge is 2.23. The van der Waals surface area contributed by atoms with E-state index in [1.54, 1.807) is 7.11 Å². The summed E-state index contributed by atoms with van der Waals surface area (Å²) in [5.41, 5.74) is 0. The second-order valence-corrected chi connectivity index (χ2v) is 6.64. The van der Waals surface area contributed by atoms with E-state index < -0.39 is 0 Å². The largest absolute Gasteiger partial charge is 0.497 e. The van der Waals surface area contributed by atoms with E-state index in [1.807, 2.05) is 24.3 Å². The topological polar surface area (TPSA) is 30.5 Å². The Morgan fingerprint density at radius 1 is 1.20 bits per heavy atom. The van der Waals surface area contributed by atoms with Crippen LogP contribution < -0.4 is 14.8 Å². The van der Waals surface area contributed by atoms with Gasteiger partial charge in [-0.05, 0) is 49.3 Å². The van der Waals surface area contributed by atoms with E-state index in [2.05, 4.69) is 24.0 Å². The quantitative estimate of drug-likeness (QED) is 0.745. The Labute approximate surface area is 126 Å². The molecule has 3 nitrogen and oxygen atoms in total. The first-order valence-electron chi connectivity index (χ1n) is 7.43. The molecule has 2 atom stereocenters. The van der Waals surface area contributed by atoms with Crippen LogP contribution in [-0.2, 0) is 0 Å². The van der Waals surface area contributed by atoms with Crippen LogP contribution >= 0.6 is 11.8 Å². The Hall–Kier alpha value is -0.870. The Morgan fingerprint density at radius 3 is 2.65 bits per heavy atom. The SMILES string of the molecule is CCSC1CCC(NCCOc2ccc(OC)cc2)C1. The number of benzene rings is 1. The van der Waals surface area contributed by atoms with Gasteiger partial charge in [-0.15, -0.1) is 0 Å². The summed E-state index contributed by atoms with van der Waals surface area (Å²) >= 11 is 2.10. The molecule has 2 unspecified atom stereocenters. The minimum absolute atomic E-state index is 0.679. The second-order valence-electron chi connectivity index (χ2n) is 5.07. The monoisotopic (exact) mass is 295 g/mol. The number of rotatable bonds is 8. The van der Waals surface area contributed by atoms with Crippen molar-refractivity contribution < 1.29 is 9.47 Å². The molecule has 1 aliphatic rings. The third kappa shape index (κ3) is 4.91. The normalized spacial score (nSPS) is 21.9. The van der Waals surface area contributed by atoms with Crippen LogP contribution in [-0.4, -0.2) is 37.3 Å².